The van der Waals surface area contributed by atoms with Crippen molar-refractivity contribution in [3.63, 3.8) is 0 Å². The molecule has 230 valence electrons. The quantitative estimate of drug-likeness (QED) is 0.0396. The van der Waals surface area contributed by atoms with Crippen molar-refractivity contribution >= 4 is 19.8 Å². The lowest BCUT2D eigenvalue weighted by molar-refractivity contribution is -0.870. The molecule has 0 aromatic carbocycles. The molecule has 2 atom stereocenters. The Balaban J connectivity index is 4.51. The lowest BCUT2D eigenvalue weighted by Crippen LogP contribution is -2.37. The molecule has 0 fully saturated rings. The highest BCUT2D eigenvalue weighted by atomic mass is 31.2. The van der Waals surface area contributed by atoms with Crippen LogP contribution in [0.4, 0.5) is 0 Å². The first kappa shape index (κ1) is 37.8. The zero-order valence-corrected chi connectivity index (χ0v) is 26.3. The first-order valence-electron chi connectivity index (χ1n) is 14.9. The minimum atomic E-state index is -4.34. The van der Waals surface area contributed by atoms with Crippen LogP contribution in [-0.4, -0.2) is 74.9 Å². The van der Waals surface area contributed by atoms with Gasteiger partial charge in [-0.15, -0.1) is 0 Å². The van der Waals surface area contributed by atoms with Gasteiger partial charge in [0.05, 0.1) is 27.7 Å². The van der Waals surface area contributed by atoms with Crippen molar-refractivity contribution in [3.05, 3.63) is 12.2 Å². The number of phosphoric ester groups is 1. The Hall–Kier alpha value is -1.25. The number of unbranched alkanes of at least 4 members (excludes halogenated alkanes) is 10. The van der Waals surface area contributed by atoms with Gasteiger partial charge in [-0.3, -0.25) is 18.6 Å². The van der Waals surface area contributed by atoms with Crippen LogP contribution in [0.25, 0.3) is 0 Å². The van der Waals surface area contributed by atoms with Gasteiger partial charge in [-0.25, -0.2) is 4.57 Å². The maximum atomic E-state index is 12.4. The van der Waals surface area contributed by atoms with Crippen LogP contribution in [0, 0.1) is 0 Å². The Labute approximate surface area is 237 Å². The monoisotopic (exact) mass is 578 g/mol. The average molecular weight is 579 g/mol. The first-order valence-corrected chi connectivity index (χ1v) is 16.4. The third-order valence-corrected chi connectivity index (χ3v) is 7.03. The van der Waals surface area contributed by atoms with Gasteiger partial charge in [-0.2, -0.15) is 0 Å². The van der Waals surface area contributed by atoms with E-state index in [4.69, 9.17) is 18.5 Å². The number of rotatable bonds is 26. The summed E-state index contributed by atoms with van der Waals surface area (Å²) in [7, 11) is 1.46. The summed E-state index contributed by atoms with van der Waals surface area (Å²) in [6.45, 7) is 4.20. The fourth-order valence-corrected chi connectivity index (χ4v) is 4.32. The molecule has 0 saturated carbocycles. The van der Waals surface area contributed by atoms with Gasteiger partial charge in [0.25, 0.3) is 0 Å². The van der Waals surface area contributed by atoms with Gasteiger partial charge in [0.1, 0.15) is 19.8 Å². The molecule has 0 aromatic heterocycles. The first-order chi connectivity index (χ1) is 18.5. The van der Waals surface area contributed by atoms with E-state index in [-0.39, 0.29) is 26.1 Å². The molecule has 39 heavy (non-hydrogen) atoms. The fourth-order valence-electron chi connectivity index (χ4n) is 3.58. The van der Waals surface area contributed by atoms with Crippen LogP contribution in [0.15, 0.2) is 12.2 Å². The zero-order valence-electron chi connectivity index (χ0n) is 25.4. The van der Waals surface area contributed by atoms with E-state index in [1.807, 2.05) is 21.1 Å². The summed E-state index contributed by atoms with van der Waals surface area (Å²) in [5.41, 5.74) is 0. The molecule has 0 aliphatic carbocycles. The second-order valence-corrected chi connectivity index (χ2v) is 12.6. The number of nitrogens with zero attached hydrogens (tertiary/aromatic N) is 1. The Morgan fingerprint density at radius 1 is 0.769 bits per heavy atom. The number of hydrogen-bond acceptors (Lipinski definition) is 7. The van der Waals surface area contributed by atoms with E-state index in [2.05, 4.69) is 26.0 Å². The van der Waals surface area contributed by atoms with Crippen molar-refractivity contribution in [2.45, 2.75) is 116 Å². The number of phosphoric acid groups is 1. The maximum Gasteiger partial charge on any atom is 0.472 e. The van der Waals surface area contributed by atoms with Crippen LogP contribution < -0.4 is 0 Å². The van der Waals surface area contributed by atoms with Crippen LogP contribution in [0.1, 0.15) is 110 Å². The molecule has 9 nitrogen and oxygen atoms in total. The molecule has 10 heteroatoms. The molecule has 0 rings (SSSR count). The van der Waals surface area contributed by atoms with Gasteiger partial charge in [0, 0.05) is 12.8 Å². The van der Waals surface area contributed by atoms with Crippen molar-refractivity contribution < 1.29 is 42.1 Å². The Bertz CT molecular complexity index is 708. The van der Waals surface area contributed by atoms with Gasteiger partial charge in [-0.1, -0.05) is 77.4 Å². The van der Waals surface area contributed by atoms with Gasteiger partial charge < -0.3 is 18.9 Å². The largest absolute Gasteiger partial charge is 0.472 e. The lowest BCUT2D eigenvalue weighted by atomic mass is 10.1. The molecular weight excluding hydrogens is 521 g/mol. The molecule has 2 unspecified atom stereocenters. The second-order valence-electron chi connectivity index (χ2n) is 11.1. The molecule has 0 amide bonds. The summed E-state index contributed by atoms with van der Waals surface area (Å²) >= 11 is 0. The lowest BCUT2D eigenvalue weighted by Gasteiger charge is -2.24. The number of esters is 2. The number of hydrogen-bond donors (Lipinski definition) is 1. The Kier molecular flexibility index (Phi) is 22.7. The fraction of sp³-hybridized carbons (Fsp3) is 0.862. The van der Waals surface area contributed by atoms with Crippen molar-refractivity contribution in [3.8, 4) is 0 Å². The highest BCUT2D eigenvalue weighted by Crippen LogP contribution is 2.43. The summed E-state index contributed by atoms with van der Waals surface area (Å²) in [6, 6.07) is 0. The predicted octanol–water partition coefficient (Wildman–Crippen LogP) is 6.73. The zero-order chi connectivity index (χ0) is 29.4. The van der Waals surface area contributed by atoms with Crippen LogP contribution >= 0.6 is 7.82 Å². The van der Waals surface area contributed by atoms with E-state index in [1.165, 1.54) is 12.8 Å². The number of ether oxygens (including phenoxy) is 2. The van der Waals surface area contributed by atoms with E-state index in [0.29, 0.717) is 17.4 Å². The molecule has 0 aliphatic heterocycles. The topological polar surface area (TPSA) is 108 Å². The van der Waals surface area contributed by atoms with Crippen molar-refractivity contribution in [1.82, 2.24) is 0 Å². The minimum Gasteiger partial charge on any atom is -0.462 e. The maximum absolute atomic E-state index is 12.4. The Morgan fingerprint density at radius 2 is 1.33 bits per heavy atom. The summed E-state index contributed by atoms with van der Waals surface area (Å²) in [6.07, 6.45) is 17.5. The summed E-state index contributed by atoms with van der Waals surface area (Å²) in [5.74, 6) is -0.834. The van der Waals surface area contributed by atoms with E-state index in [9.17, 15) is 19.0 Å². The smallest absolute Gasteiger partial charge is 0.462 e. The highest BCUT2D eigenvalue weighted by molar-refractivity contribution is 7.47. The molecule has 1 N–H and O–H groups in total. The van der Waals surface area contributed by atoms with E-state index < -0.39 is 32.5 Å². The number of allylic oxidation sites excluding steroid dienone is 2. The van der Waals surface area contributed by atoms with E-state index in [1.54, 1.807) is 0 Å². The van der Waals surface area contributed by atoms with E-state index in [0.717, 1.165) is 64.2 Å². The SMILES string of the molecule is CCCC/C=C\CCCCCCCC(=O)OC(COC(=O)CCCCCC)COP(=O)(O)OCC[N+](C)(C)C. The molecule has 0 aromatic rings. The number of carbonyl (C=O) groups is 2. The summed E-state index contributed by atoms with van der Waals surface area (Å²) in [5, 5.41) is 0. The number of quaternary nitrogens is 1. The van der Waals surface area contributed by atoms with Crippen molar-refractivity contribution in [1.29, 1.82) is 0 Å². The van der Waals surface area contributed by atoms with Crippen LogP contribution in [0.3, 0.4) is 0 Å². The highest BCUT2D eigenvalue weighted by Gasteiger charge is 2.27. The summed E-state index contributed by atoms with van der Waals surface area (Å²) in [4.78, 5) is 34.5. The van der Waals surface area contributed by atoms with Gasteiger partial charge >= 0.3 is 19.8 Å². The van der Waals surface area contributed by atoms with Gasteiger partial charge in [-0.05, 0) is 32.1 Å². The average Bonchev–Trinajstić information content (AvgIpc) is 2.86. The molecule has 0 radical (unpaired) electrons. The molecule has 0 aliphatic rings. The predicted molar refractivity (Wildman–Crippen MR) is 155 cm³/mol. The molecule has 0 bridgehead atoms. The van der Waals surface area contributed by atoms with Crippen molar-refractivity contribution in [2.75, 3.05) is 47.5 Å². The normalized spacial score (nSPS) is 14.3. The minimum absolute atomic E-state index is 0.0314. The second kappa shape index (κ2) is 23.5. The van der Waals surface area contributed by atoms with Gasteiger partial charge in [0.2, 0.25) is 0 Å². The summed E-state index contributed by atoms with van der Waals surface area (Å²) < 4.78 is 33.6. The van der Waals surface area contributed by atoms with Crippen LogP contribution in [-0.2, 0) is 32.7 Å². The molecular formula is C29H57NO8P+. The third-order valence-electron chi connectivity index (χ3n) is 6.05. The van der Waals surface area contributed by atoms with E-state index >= 15 is 0 Å². The third kappa shape index (κ3) is 26.7. The Morgan fingerprint density at radius 3 is 1.97 bits per heavy atom. The molecule has 0 spiro atoms. The molecule has 0 saturated heterocycles. The van der Waals surface area contributed by atoms with Gasteiger partial charge in [0.15, 0.2) is 6.10 Å². The number of carbonyl (C=O) groups excluding carboxylic acids is 2. The van der Waals surface area contributed by atoms with Crippen LogP contribution in [0.2, 0.25) is 0 Å². The molecule has 0 heterocycles. The standard InChI is InChI=1S/C29H56NO8P/c1-6-8-10-12-13-14-15-16-17-18-20-22-29(32)38-27(25-35-28(31)21-19-11-9-7-2)26-37-39(33,34)36-24-23-30(3,4)5/h12-13,27H,6-11,14-26H2,1-5H3/p+1/b13-12-. The van der Waals surface area contributed by atoms with Crippen LogP contribution in [0.5, 0.6) is 0 Å². The van der Waals surface area contributed by atoms with Crippen molar-refractivity contribution in [2.24, 2.45) is 0 Å². The number of likely N-dealkylation sites (N-methyl/N-ethyl adjacent to an activating group) is 1.